The van der Waals surface area contributed by atoms with E-state index in [1.165, 1.54) is 11.3 Å². The lowest BCUT2D eigenvalue weighted by molar-refractivity contribution is 0.122. The fourth-order valence-electron chi connectivity index (χ4n) is 5.21. The predicted molar refractivity (Wildman–Crippen MR) is 138 cm³/mol. The summed E-state index contributed by atoms with van der Waals surface area (Å²) in [7, 11) is 0. The van der Waals surface area contributed by atoms with Gasteiger partial charge in [-0.3, -0.25) is 4.98 Å². The molecule has 0 aliphatic carbocycles. The Labute approximate surface area is 206 Å². The zero-order valence-corrected chi connectivity index (χ0v) is 20.5. The van der Waals surface area contributed by atoms with E-state index in [1.807, 2.05) is 24.4 Å². The summed E-state index contributed by atoms with van der Waals surface area (Å²) >= 11 is 5.67. The van der Waals surface area contributed by atoms with Crippen LogP contribution in [0.1, 0.15) is 34.7 Å². The summed E-state index contributed by atoms with van der Waals surface area (Å²) < 4.78 is 7.79. The number of anilines is 1. The van der Waals surface area contributed by atoms with Crippen molar-refractivity contribution >= 4 is 23.0 Å². The summed E-state index contributed by atoms with van der Waals surface area (Å²) in [5.74, 6) is 0. The molecule has 0 radical (unpaired) electrons. The van der Waals surface area contributed by atoms with Crippen molar-refractivity contribution in [2.75, 3.05) is 44.4 Å². The molecule has 2 N–H and O–H groups in total. The van der Waals surface area contributed by atoms with Crippen molar-refractivity contribution in [1.29, 1.82) is 0 Å². The van der Waals surface area contributed by atoms with Gasteiger partial charge in [-0.05, 0) is 74.1 Å². The number of aliphatic hydroxyl groups is 1. The highest BCUT2D eigenvalue weighted by Gasteiger charge is 2.41. The molecule has 0 amide bonds. The summed E-state index contributed by atoms with van der Waals surface area (Å²) in [6.07, 6.45) is 1.81. The van der Waals surface area contributed by atoms with Crippen molar-refractivity contribution in [3.8, 4) is 5.69 Å². The van der Waals surface area contributed by atoms with Crippen LogP contribution < -0.4 is 10.2 Å². The molecule has 0 bridgehead atoms. The van der Waals surface area contributed by atoms with Crippen molar-refractivity contribution in [3.05, 3.63) is 77.4 Å². The van der Waals surface area contributed by atoms with E-state index >= 15 is 0 Å². The number of pyridine rings is 1. The van der Waals surface area contributed by atoms with E-state index < -0.39 is 0 Å². The fraction of sp³-hybridized carbons (Fsp3) is 0.385. The first-order chi connectivity index (χ1) is 16.6. The molecule has 34 heavy (non-hydrogen) atoms. The largest absolute Gasteiger partial charge is 0.395 e. The van der Waals surface area contributed by atoms with Crippen LogP contribution in [0.4, 0.5) is 5.69 Å². The Morgan fingerprint density at radius 3 is 2.50 bits per heavy atom. The quantitative estimate of drug-likeness (QED) is 0.528. The number of morpholine rings is 1. The third-order valence-corrected chi connectivity index (χ3v) is 7.16. The van der Waals surface area contributed by atoms with E-state index in [0.717, 1.165) is 49.1 Å². The lowest BCUT2D eigenvalue weighted by Crippen LogP contribution is -2.36. The Kier molecular flexibility index (Phi) is 6.54. The molecule has 0 spiro atoms. The Balaban J connectivity index is 1.51. The molecule has 2 fully saturated rings. The first-order valence-electron chi connectivity index (χ1n) is 11.8. The molecule has 3 aromatic rings. The molecule has 2 aromatic heterocycles. The molecular weight excluding hydrogens is 446 g/mol. The normalized spacial score (nSPS) is 20.6. The maximum Gasteiger partial charge on any atom is 0.170 e. The second kappa shape index (κ2) is 9.74. The average molecular weight is 478 g/mol. The van der Waals surface area contributed by atoms with Gasteiger partial charge in [-0.1, -0.05) is 6.07 Å². The molecule has 2 aliphatic rings. The van der Waals surface area contributed by atoms with Gasteiger partial charge in [0.2, 0.25) is 0 Å². The number of hydrogen-bond acceptors (Lipinski definition) is 5. The minimum Gasteiger partial charge on any atom is -0.395 e. The van der Waals surface area contributed by atoms with E-state index in [1.54, 1.807) is 0 Å². The van der Waals surface area contributed by atoms with Crippen LogP contribution in [0, 0.1) is 13.8 Å². The first-order valence-corrected chi connectivity index (χ1v) is 12.2. The van der Waals surface area contributed by atoms with E-state index in [9.17, 15) is 5.11 Å². The number of hydrogen-bond donors (Lipinski definition) is 2. The maximum atomic E-state index is 9.74. The predicted octanol–water partition coefficient (Wildman–Crippen LogP) is 3.29. The minimum atomic E-state index is -0.0853. The molecule has 0 saturated carbocycles. The summed E-state index contributed by atoms with van der Waals surface area (Å²) in [4.78, 5) is 9.06. The third-order valence-electron chi connectivity index (χ3n) is 6.81. The molecule has 5 rings (SSSR count). The molecule has 2 aliphatic heterocycles. The molecule has 2 saturated heterocycles. The zero-order chi connectivity index (χ0) is 23.7. The van der Waals surface area contributed by atoms with E-state index in [2.05, 4.69) is 68.8 Å². The number of rotatable bonds is 6. The van der Waals surface area contributed by atoms with Gasteiger partial charge in [0.15, 0.2) is 5.11 Å². The average Bonchev–Trinajstić information content (AvgIpc) is 3.35. The summed E-state index contributed by atoms with van der Waals surface area (Å²) in [6, 6.07) is 16.8. The molecule has 7 nitrogen and oxygen atoms in total. The van der Waals surface area contributed by atoms with E-state index in [0.29, 0.717) is 11.7 Å². The lowest BCUT2D eigenvalue weighted by atomic mass is 9.97. The van der Waals surface area contributed by atoms with Crippen molar-refractivity contribution in [1.82, 2.24) is 19.8 Å². The fourth-order valence-corrected chi connectivity index (χ4v) is 5.54. The second-order valence-electron chi connectivity index (χ2n) is 8.82. The number of β-amino-alcohol motifs (C(OH)–C–C–N with tert-alkyl or cyclic N) is 1. The van der Waals surface area contributed by atoms with Crippen LogP contribution in [-0.2, 0) is 4.74 Å². The standard InChI is InChI=1S/C26H31N5O2S/c1-18-17-22(25-24(23-5-3-4-10-27-23)28-26(34)30(25)11-14-32)19(2)31(18)21-8-6-20(7-9-21)29-12-15-33-16-13-29/h3-10,17,24-25,32H,11-16H2,1-2H3,(H,28,34)/t24-,25-/m0/s1. The lowest BCUT2D eigenvalue weighted by Gasteiger charge is -2.29. The van der Waals surface area contributed by atoms with Gasteiger partial charge >= 0.3 is 0 Å². The molecule has 8 heteroatoms. The van der Waals surface area contributed by atoms with Gasteiger partial charge < -0.3 is 29.5 Å². The van der Waals surface area contributed by atoms with Gasteiger partial charge in [0.25, 0.3) is 0 Å². The minimum absolute atomic E-state index is 0.0367. The van der Waals surface area contributed by atoms with Crippen molar-refractivity contribution < 1.29 is 9.84 Å². The highest BCUT2D eigenvalue weighted by Crippen LogP contribution is 2.41. The summed E-state index contributed by atoms with van der Waals surface area (Å²) in [5, 5.41) is 13.8. The van der Waals surface area contributed by atoms with Crippen molar-refractivity contribution in [2.24, 2.45) is 0 Å². The van der Waals surface area contributed by atoms with Crippen LogP contribution >= 0.6 is 12.2 Å². The van der Waals surface area contributed by atoms with Crippen LogP contribution in [0.2, 0.25) is 0 Å². The van der Waals surface area contributed by atoms with Crippen molar-refractivity contribution in [2.45, 2.75) is 25.9 Å². The Bertz CT molecular complexity index is 1140. The van der Waals surface area contributed by atoms with Crippen molar-refractivity contribution in [3.63, 3.8) is 0 Å². The van der Waals surface area contributed by atoms with Gasteiger partial charge in [0.05, 0.1) is 37.6 Å². The number of benzene rings is 1. The third kappa shape index (κ3) is 4.17. The van der Waals surface area contributed by atoms with Crippen LogP contribution in [0.15, 0.2) is 54.7 Å². The monoisotopic (exact) mass is 477 g/mol. The summed E-state index contributed by atoms with van der Waals surface area (Å²) in [6.45, 7) is 8.21. The van der Waals surface area contributed by atoms with Gasteiger partial charge in [0, 0.05) is 48.6 Å². The number of aromatic nitrogens is 2. The Morgan fingerprint density at radius 2 is 1.82 bits per heavy atom. The van der Waals surface area contributed by atoms with Gasteiger partial charge in [0.1, 0.15) is 0 Å². The maximum absolute atomic E-state index is 9.74. The van der Waals surface area contributed by atoms with Gasteiger partial charge in [-0.15, -0.1) is 0 Å². The molecule has 178 valence electrons. The number of ether oxygens (including phenoxy) is 1. The molecule has 1 aromatic carbocycles. The molecule has 0 unspecified atom stereocenters. The molecular formula is C26H31N5O2S. The Morgan fingerprint density at radius 1 is 1.09 bits per heavy atom. The number of thiocarbonyl (C=S) groups is 1. The topological polar surface area (TPSA) is 65.8 Å². The smallest absolute Gasteiger partial charge is 0.170 e. The van der Waals surface area contributed by atoms with Crippen LogP contribution in [-0.4, -0.2) is 64.1 Å². The van der Waals surface area contributed by atoms with E-state index in [4.69, 9.17) is 17.0 Å². The number of aliphatic hydroxyl groups excluding tert-OH is 1. The Hall–Kier alpha value is -2.94. The number of aryl methyl sites for hydroxylation is 1. The molecule has 4 heterocycles. The van der Waals surface area contributed by atoms with E-state index in [-0.39, 0.29) is 18.7 Å². The van der Waals surface area contributed by atoms with Crippen LogP contribution in [0.25, 0.3) is 5.69 Å². The second-order valence-corrected chi connectivity index (χ2v) is 9.21. The first kappa shape index (κ1) is 22.8. The molecule has 2 atom stereocenters. The zero-order valence-electron chi connectivity index (χ0n) is 19.6. The number of nitrogens with zero attached hydrogens (tertiary/aromatic N) is 4. The van der Waals surface area contributed by atoms with Gasteiger partial charge in [-0.2, -0.15) is 0 Å². The number of nitrogens with one attached hydrogen (secondary N) is 1. The van der Waals surface area contributed by atoms with Crippen LogP contribution in [0.3, 0.4) is 0 Å². The van der Waals surface area contributed by atoms with Crippen LogP contribution in [0.5, 0.6) is 0 Å². The highest BCUT2D eigenvalue weighted by atomic mass is 32.1. The SMILES string of the molecule is Cc1cc([C@H]2[C@H](c3ccccn3)NC(=S)N2CCO)c(C)n1-c1ccc(N2CCOCC2)cc1. The van der Waals surface area contributed by atoms with Gasteiger partial charge in [-0.25, -0.2) is 0 Å². The highest BCUT2D eigenvalue weighted by molar-refractivity contribution is 7.80. The summed E-state index contributed by atoms with van der Waals surface area (Å²) in [5.41, 5.74) is 6.81.